The van der Waals surface area contributed by atoms with Crippen LogP contribution in [0.2, 0.25) is 0 Å². The van der Waals surface area contributed by atoms with E-state index in [9.17, 15) is 22.8 Å². The van der Waals surface area contributed by atoms with Crippen LogP contribution in [0.5, 0.6) is 0 Å². The summed E-state index contributed by atoms with van der Waals surface area (Å²) in [4.78, 5) is 27.9. The van der Waals surface area contributed by atoms with Gasteiger partial charge in [-0.1, -0.05) is 12.1 Å². The Kier molecular flexibility index (Phi) is 4.59. The second-order valence-corrected chi connectivity index (χ2v) is 5.26. The maximum Gasteiger partial charge on any atom is 0.416 e. The van der Waals surface area contributed by atoms with Gasteiger partial charge in [0.05, 0.1) is 5.56 Å². The summed E-state index contributed by atoms with van der Waals surface area (Å²) in [5.41, 5.74) is 2.73. The van der Waals surface area contributed by atoms with Crippen molar-refractivity contribution in [2.45, 2.75) is 18.6 Å². The van der Waals surface area contributed by atoms with E-state index >= 15 is 0 Å². The van der Waals surface area contributed by atoms with Crippen molar-refractivity contribution in [1.29, 1.82) is 0 Å². The zero-order valence-electron chi connectivity index (χ0n) is 12.6. The molecule has 0 saturated carbocycles. The molecule has 2 aromatic rings. The van der Waals surface area contributed by atoms with Gasteiger partial charge in [-0.05, 0) is 36.8 Å². The van der Waals surface area contributed by atoms with Crippen LogP contribution < -0.4 is 11.1 Å². The van der Waals surface area contributed by atoms with Crippen molar-refractivity contribution in [3.8, 4) is 0 Å². The minimum Gasteiger partial charge on any atom is -0.367 e. The Morgan fingerprint density at radius 2 is 1.67 bits per heavy atom. The average molecular weight is 337 g/mol. The molecule has 1 heterocycles. The molecule has 0 bridgehead atoms. The van der Waals surface area contributed by atoms with Gasteiger partial charge in [-0.3, -0.25) is 14.6 Å². The van der Waals surface area contributed by atoms with Crippen LogP contribution in [0.4, 0.5) is 13.2 Å². The largest absolute Gasteiger partial charge is 0.416 e. The van der Waals surface area contributed by atoms with Gasteiger partial charge in [0.15, 0.2) is 0 Å². The van der Waals surface area contributed by atoms with Gasteiger partial charge in [0.2, 0.25) is 5.91 Å². The number of rotatable bonds is 4. The lowest BCUT2D eigenvalue weighted by Crippen LogP contribution is -2.52. The van der Waals surface area contributed by atoms with Gasteiger partial charge >= 0.3 is 6.18 Å². The molecule has 0 spiro atoms. The molecule has 2 amide bonds. The Morgan fingerprint density at radius 3 is 2.21 bits per heavy atom. The van der Waals surface area contributed by atoms with Crippen LogP contribution in [0.3, 0.4) is 0 Å². The third kappa shape index (κ3) is 3.53. The zero-order chi connectivity index (χ0) is 18.0. The van der Waals surface area contributed by atoms with E-state index in [1.807, 2.05) is 0 Å². The number of nitrogens with zero attached hydrogens (tertiary/aromatic N) is 1. The number of alkyl halides is 3. The maximum atomic E-state index is 12.9. The highest BCUT2D eigenvalue weighted by atomic mass is 19.4. The lowest BCUT2D eigenvalue weighted by molar-refractivity contribution is -0.137. The number of carbonyl (C=O) groups excluding carboxylic acids is 2. The van der Waals surface area contributed by atoms with Crippen LogP contribution in [0.1, 0.15) is 28.4 Å². The first-order valence-electron chi connectivity index (χ1n) is 6.85. The molecule has 2 rings (SSSR count). The summed E-state index contributed by atoms with van der Waals surface area (Å²) in [6.07, 6.45) is -1.83. The molecule has 8 heteroatoms. The van der Waals surface area contributed by atoms with Gasteiger partial charge < -0.3 is 11.1 Å². The molecule has 0 aliphatic heterocycles. The van der Waals surface area contributed by atoms with Gasteiger partial charge in [0.25, 0.3) is 5.91 Å². The number of amides is 2. The number of pyridine rings is 1. The van der Waals surface area contributed by atoms with Crippen molar-refractivity contribution in [2.75, 3.05) is 0 Å². The molecule has 0 fully saturated rings. The number of aromatic nitrogens is 1. The van der Waals surface area contributed by atoms with Crippen molar-refractivity contribution < 1.29 is 22.8 Å². The fraction of sp³-hybridized carbons (Fsp3) is 0.188. The molecule has 0 aliphatic rings. The zero-order valence-corrected chi connectivity index (χ0v) is 12.6. The lowest BCUT2D eigenvalue weighted by atomic mass is 9.89. The van der Waals surface area contributed by atoms with Gasteiger partial charge in [0.1, 0.15) is 5.54 Å². The number of carbonyl (C=O) groups is 2. The number of nitrogens with two attached hydrogens (primary N) is 1. The van der Waals surface area contributed by atoms with Crippen molar-refractivity contribution in [2.24, 2.45) is 5.73 Å². The first-order valence-corrected chi connectivity index (χ1v) is 6.85. The molecule has 1 aromatic heterocycles. The Bertz CT molecular complexity index is 763. The van der Waals surface area contributed by atoms with E-state index in [0.717, 1.165) is 18.2 Å². The van der Waals surface area contributed by atoms with Gasteiger partial charge in [0, 0.05) is 18.0 Å². The first kappa shape index (κ1) is 17.5. The Labute approximate surface area is 135 Å². The molecule has 1 atom stereocenters. The van der Waals surface area contributed by atoms with Gasteiger partial charge in [-0.15, -0.1) is 0 Å². The van der Waals surface area contributed by atoms with Crippen LogP contribution in [-0.2, 0) is 16.5 Å². The van der Waals surface area contributed by atoms with Crippen LogP contribution >= 0.6 is 0 Å². The fourth-order valence-corrected chi connectivity index (χ4v) is 2.09. The molecule has 0 aliphatic carbocycles. The van der Waals surface area contributed by atoms with Crippen molar-refractivity contribution in [1.82, 2.24) is 10.3 Å². The van der Waals surface area contributed by atoms with Crippen molar-refractivity contribution >= 4 is 11.8 Å². The third-order valence-corrected chi connectivity index (χ3v) is 3.57. The van der Waals surface area contributed by atoms with Gasteiger partial charge in [-0.25, -0.2) is 0 Å². The molecule has 0 unspecified atom stereocenters. The highest BCUT2D eigenvalue weighted by Gasteiger charge is 2.38. The molecule has 126 valence electrons. The highest BCUT2D eigenvalue weighted by molar-refractivity contribution is 5.99. The number of hydrogen-bond acceptors (Lipinski definition) is 3. The van der Waals surface area contributed by atoms with E-state index in [0.29, 0.717) is 0 Å². The monoisotopic (exact) mass is 337 g/mol. The third-order valence-electron chi connectivity index (χ3n) is 3.57. The van der Waals surface area contributed by atoms with Crippen LogP contribution in [0, 0.1) is 0 Å². The summed E-state index contributed by atoms with van der Waals surface area (Å²) in [7, 11) is 0. The fourth-order valence-electron chi connectivity index (χ4n) is 2.09. The molecule has 1 aromatic carbocycles. The average Bonchev–Trinajstić information content (AvgIpc) is 2.54. The van der Waals surface area contributed by atoms with Crippen molar-refractivity contribution in [3.63, 3.8) is 0 Å². The predicted octanol–water partition coefficient (Wildman–Crippen LogP) is 2.23. The summed E-state index contributed by atoms with van der Waals surface area (Å²) >= 11 is 0. The number of benzene rings is 1. The Hall–Kier alpha value is -2.90. The number of nitrogens with one attached hydrogen (secondary N) is 1. The maximum absolute atomic E-state index is 12.9. The van der Waals surface area contributed by atoms with Crippen LogP contribution in [0.15, 0.2) is 48.8 Å². The summed E-state index contributed by atoms with van der Waals surface area (Å²) in [5.74, 6) is -1.64. The Morgan fingerprint density at radius 1 is 1.08 bits per heavy atom. The van der Waals surface area contributed by atoms with E-state index < -0.39 is 29.1 Å². The normalized spacial score (nSPS) is 13.8. The molecule has 24 heavy (non-hydrogen) atoms. The molecule has 5 nitrogen and oxygen atoms in total. The molecular weight excluding hydrogens is 323 g/mol. The minimum atomic E-state index is -4.58. The molecule has 0 saturated heterocycles. The van der Waals surface area contributed by atoms with E-state index in [-0.39, 0.29) is 11.1 Å². The lowest BCUT2D eigenvalue weighted by Gasteiger charge is -2.28. The van der Waals surface area contributed by atoms with E-state index in [4.69, 9.17) is 5.73 Å². The molecular formula is C16H14F3N3O2. The SMILES string of the molecule is C[C@](NC(=O)c1ccncc1)(C(N)=O)c1cccc(C(F)(F)F)c1. The second-order valence-electron chi connectivity index (χ2n) is 5.26. The molecule has 0 radical (unpaired) electrons. The second kappa shape index (κ2) is 6.31. The van der Waals surface area contributed by atoms with E-state index in [1.165, 1.54) is 37.5 Å². The topological polar surface area (TPSA) is 85.1 Å². The summed E-state index contributed by atoms with van der Waals surface area (Å²) in [6, 6.07) is 6.92. The quantitative estimate of drug-likeness (QED) is 0.897. The first-order chi connectivity index (χ1) is 11.1. The van der Waals surface area contributed by atoms with Crippen molar-refractivity contribution in [3.05, 3.63) is 65.5 Å². The minimum absolute atomic E-state index is 0.0627. The summed E-state index contributed by atoms with van der Waals surface area (Å²) in [5, 5.41) is 2.40. The summed E-state index contributed by atoms with van der Waals surface area (Å²) in [6.45, 7) is 1.25. The smallest absolute Gasteiger partial charge is 0.367 e. The van der Waals surface area contributed by atoms with E-state index in [2.05, 4.69) is 10.3 Å². The van der Waals surface area contributed by atoms with E-state index in [1.54, 1.807) is 0 Å². The number of hydrogen-bond donors (Lipinski definition) is 2. The van der Waals surface area contributed by atoms with Crippen LogP contribution in [0.25, 0.3) is 0 Å². The highest BCUT2D eigenvalue weighted by Crippen LogP contribution is 2.32. The van der Waals surface area contributed by atoms with Crippen LogP contribution in [-0.4, -0.2) is 16.8 Å². The standard InChI is InChI=1S/C16H14F3N3O2/c1-15(14(20)24,22-13(23)10-5-7-21-8-6-10)11-3-2-4-12(9-11)16(17,18)19/h2-9H,1H3,(H2,20,24)(H,22,23)/t15-/m1/s1. The van der Waals surface area contributed by atoms with Gasteiger partial charge in [-0.2, -0.15) is 13.2 Å². The Balaban J connectivity index is 2.41. The predicted molar refractivity (Wildman–Crippen MR) is 79.7 cm³/mol. The summed E-state index contributed by atoms with van der Waals surface area (Å²) < 4.78 is 38.6. The number of halogens is 3. The molecule has 3 N–H and O–H groups in total. The number of primary amides is 1.